The molecule has 0 aliphatic rings. The molecule has 0 spiro atoms. The Morgan fingerprint density at radius 1 is 1.19 bits per heavy atom. The van der Waals surface area contributed by atoms with Crippen molar-refractivity contribution in [2.24, 2.45) is 0 Å². The molecule has 136 valence electrons. The number of nitrogens with zero attached hydrogens (tertiary/aromatic N) is 4. The van der Waals surface area contributed by atoms with Crippen molar-refractivity contribution in [2.45, 2.75) is 6.54 Å². The molecule has 0 N–H and O–H groups in total. The lowest BCUT2D eigenvalue weighted by Crippen LogP contribution is -2.06. The third-order valence-electron chi connectivity index (χ3n) is 4.20. The smallest absolute Gasteiger partial charge is 0.360 e. The Balaban J connectivity index is 1.80. The molecule has 0 saturated heterocycles. The van der Waals surface area contributed by atoms with Crippen LogP contribution in [-0.4, -0.2) is 39.9 Å². The summed E-state index contributed by atoms with van der Waals surface area (Å²) in [7, 11) is 2.83. The van der Waals surface area contributed by atoms with Crippen LogP contribution in [0.2, 0.25) is 5.02 Å². The molecule has 4 aromatic rings. The fourth-order valence-corrected chi connectivity index (χ4v) is 3.10. The average Bonchev–Trinajstić information content (AvgIpc) is 3.04. The Morgan fingerprint density at radius 2 is 2.04 bits per heavy atom. The first kappa shape index (κ1) is 17.2. The summed E-state index contributed by atoms with van der Waals surface area (Å²) in [5, 5.41) is 5.92. The minimum atomic E-state index is -0.547. The van der Waals surface area contributed by atoms with Gasteiger partial charge in [0.05, 0.1) is 36.8 Å². The second kappa shape index (κ2) is 6.85. The SMILES string of the molecule is COC(=O)c1nn(Cc2ccc3ncc(Cl)cc3c2)c2ccc(OC)nc12. The normalized spacial score (nSPS) is 11.1. The molecule has 0 amide bonds. The molecule has 1 aromatic carbocycles. The number of methoxy groups -OCH3 is 2. The third kappa shape index (κ3) is 3.17. The first-order chi connectivity index (χ1) is 13.1. The van der Waals surface area contributed by atoms with E-state index in [1.54, 1.807) is 16.9 Å². The van der Waals surface area contributed by atoms with Crippen LogP contribution in [0.4, 0.5) is 0 Å². The first-order valence-corrected chi connectivity index (χ1v) is 8.51. The van der Waals surface area contributed by atoms with E-state index < -0.39 is 5.97 Å². The monoisotopic (exact) mass is 382 g/mol. The molecule has 0 bridgehead atoms. The fourth-order valence-electron chi connectivity index (χ4n) is 2.93. The van der Waals surface area contributed by atoms with E-state index in [0.29, 0.717) is 28.5 Å². The number of rotatable bonds is 4. The van der Waals surface area contributed by atoms with E-state index in [1.165, 1.54) is 14.2 Å². The van der Waals surface area contributed by atoms with Crippen LogP contribution in [0.1, 0.15) is 16.1 Å². The van der Waals surface area contributed by atoms with Crippen molar-refractivity contribution < 1.29 is 14.3 Å². The fraction of sp³-hybridized carbons (Fsp3) is 0.158. The molecule has 3 heterocycles. The van der Waals surface area contributed by atoms with Gasteiger partial charge in [0.15, 0.2) is 5.69 Å². The predicted molar refractivity (Wildman–Crippen MR) is 101 cm³/mol. The third-order valence-corrected chi connectivity index (χ3v) is 4.41. The molecule has 27 heavy (non-hydrogen) atoms. The van der Waals surface area contributed by atoms with Crippen molar-refractivity contribution in [1.82, 2.24) is 19.7 Å². The molecule has 3 aromatic heterocycles. The summed E-state index contributed by atoms with van der Waals surface area (Å²) in [5.74, 6) is -0.146. The van der Waals surface area contributed by atoms with E-state index in [2.05, 4.69) is 15.1 Å². The maximum Gasteiger partial charge on any atom is 0.360 e. The van der Waals surface area contributed by atoms with Gasteiger partial charge >= 0.3 is 5.97 Å². The number of carbonyl (C=O) groups is 1. The molecular weight excluding hydrogens is 368 g/mol. The molecule has 0 aliphatic carbocycles. The molecule has 0 radical (unpaired) electrons. The van der Waals surface area contributed by atoms with E-state index in [9.17, 15) is 4.79 Å². The Labute approximate surface area is 159 Å². The minimum absolute atomic E-state index is 0.150. The number of pyridine rings is 2. The van der Waals surface area contributed by atoms with Gasteiger partial charge in [-0.25, -0.2) is 9.78 Å². The summed E-state index contributed by atoms with van der Waals surface area (Å²) in [6, 6.07) is 11.3. The zero-order valence-electron chi connectivity index (χ0n) is 14.6. The van der Waals surface area contributed by atoms with Crippen LogP contribution in [-0.2, 0) is 11.3 Å². The van der Waals surface area contributed by atoms with Crippen LogP contribution in [0, 0.1) is 0 Å². The standard InChI is InChI=1S/C19H15ClN4O3/c1-26-16-6-5-15-17(22-16)18(19(25)27-2)23-24(15)10-11-3-4-14-12(7-11)8-13(20)9-21-14/h3-9H,10H2,1-2H3. The van der Waals surface area contributed by atoms with Gasteiger partial charge in [0, 0.05) is 17.6 Å². The Morgan fingerprint density at radius 3 is 2.81 bits per heavy atom. The summed E-state index contributed by atoms with van der Waals surface area (Å²) in [5.41, 5.74) is 3.14. The van der Waals surface area contributed by atoms with E-state index in [0.717, 1.165) is 16.5 Å². The van der Waals surface area contributed by atoms with Crippen LogP contribution >= 0.6 is 11.6 Å². The van der Waals surface area contributed by atoms with Gasteiger partial charge in [0.25, 0.3) is 0 Å². The van der Waals surface area contributed by atoms with E-state index in [4.69, 9.17) is 21.1 Å². The molecular formula is C19H15ClN4O3. The number of ether oxygens (including phenoxy) is 2. The summed E-state index contributed by atoms with van der Waals surface area (Å²) in [6.07, 6.45) is 1.62. The van der Waals surface area contributed by atoms with Gasteiger partial charge in [-0.1, -0.05) is 17.7 Å². The number of hydrogen-bond acceptors (Lipinski definition) is 6. The minimum Gasteiger partial charge on any atom is -0.481 e. The second-order valence-corrected chi connectivity index (χ2v) is 6.34. The predicted octanol–water partition coefficient (Wildman–Crippen LogP) is 3.48. The van der Waals surface area contributed by atoms with Crippen LogP contribution in [0.5, 0.6) is 5.88 Å². The number of halogens is 1. The quantitative estimate of drug-likeness (QED) is 0.503. The first-order valence-electron chi connectivity index (χ1n) is 8.13. The maximum atomic E-state index is 12.1. The van der Waals surface area contributed by atoms with Crippen molar-refractivity contribution in [1.29, 1.82) is 0 Å². The van der Waals surface area contributed by atoms with Gasteiger partial charge in [-0.05, 0) is 29.8 Å². The van der Waals surface area contributed by atoms with Gasteiger partial charge in [0.2, 0.25) is 5.88 Å². The second-order valence-electron chi connectivity index (χ2n) is 5.90. The largest absolute Gasteiger partial charge is 0.481 e. The topological polar surface area (TPSA) is 79.1 Å². The van der Waals surface area contributed by atoms with Crippen LogP contribution in [0.25, 0.3) is 21.9 Å². The number of carbonyl (C=O) groups excluding carboxylic acids is 1. The summed E-state index contributed by atoms with van der Waals surface area (Å²) >= 11 is 6.04. The zero-order valence-corrected chi connectivity index (χ0v) is 15.4. The van der Waals surface area contributed by atoms with E-state index >= 15 is 0 Å². The van der Waals surface area contributed by atoms with Crippen LogP contribution in [0.15, 0.2) is 42.6 Å². The number of aromatic nitrogens is 4. The van der Waals surface area contributed by atoms with Crippen LogP contribution < -0.4 is 4.74 Å². The Hall–Kier alpha value is -3.19. The molecule has 0 unspecified atom stereocenters. The van der Waals surface area contributed by atoms with Crippen molar-refractivity contribution in [3.8, 4) is 5.88 Å². The highest BCUT2D eigenvalue weighted by Crippen LogP contribution is 2.23. The molecule has 7 nitrogen and oxygen atoms in total. The van der Waals surface area contributed by atoms with Crippen LogP contribution in [0.3, 0.4) is 0 Å². The van der Waals surface area contributed by atoms with Gasteiger partial charge in [-0.2, -0.15) is 5.10 Å². The molecule has 8 heteroatoms. The lowest BCUT2D eigenvalue weighted by atomic mass is 10.1. The number of esters is 1. The average molecular weight is 383 g/mol. The van der Waals surface area contributed by atoms with Gasteiger partial charge in [-0.15, -0.1) is 0 Å². The van der Waals surface area contributed by atoms with Crippen molar-refractivity contribution in [3.05, 3.63) is 58.9 Å². The van der Waals surface area contributed by atoms with Gasteiger partial charge < -0.3 is 9.47 Å². The van der Waals surface area contributed by atoms with Gasteiger partial charge in [-0.3, -0.25) is 9.67 Å². The van der Waals surface area contributed by atoms with Gasteiger partial charge in [0.1, 0.15) is 5.52 Å². The Kier molecular flexibility index (Phi) is 4.37. The zero-order chi connectivity index (χ0) is 19.0. The Bertz CT molecular complexity index is 1170. The molecule has 0 aliphatic heterocycles. The van der Waals surface area contributed by atoms with Crippen molar-refractivity contribution >= 4 is 39.5 Å². The lowest BCUT2D eigenvalue weighted by Gasteiger charge is -2.06. The summed E-state index contributed by atoms with van der Waals surface area (Å²) in [4.78, 5) is 20.8. The summed E-state index contributed by atoms with van der Waals surface area (Å²) in [6.45, 7) is 0.448. The highest BCUT2D eigenvalue weighted by Gasteiger charge is 2.20. The maximum absolute atomic E-state index is 12.1. The summed E-state index contributed by atoms with van der Waals surface area (Å²) < 4.78 is 11.7. The van der Waals surface area contributed by atoms with E-state index in [1.807, 2.05) is 30.3 Å². The molecule has 0 fully saturated rings. The highest BCUT2D eigenvalue weighted by atomic mass is 35.5. The van der Waals surface area contributed by atoms with Crippen molar-refractivity contribution in [3.63, 3.8) is 0 Å². The molecule has 0 saturated carbocycles. The number of benzene rings is 1. The lowest BCUT2D eigenvalue weighted by molar-refractivity contribution is 0.0595. The highest BCUT2D eigenvalue weighted by molar-refractivity contribution is 6.31. The number of fused-ring (bicyclic) bond motifs is 2. The molecule has 4 rings (SSSR count). The van der Waals surface area contributed by atoms with E-state index in [-0.39, 0.29) is 5.69 Å². The van der Waals surface area contributed by atoms with Crippen molar-refractivity contribution in [2.75, 3.05) is 14.2 Å². The number of hydrogen-bond donors (Lipinski definition) is 0. The molecule has 0 atom stereocenters.